The van der Waals surface area contributed by atoms with Crippen LogP contribution in [0.3, 0.4) is 0 Å². The minimum absolute atomic E-state index is 0.0627. The molecule has 3 heterocycles. The normalized spacial score (nSPS) is 11.4. The van der Waals surface area contributed by atoms with E-state index in [-0.39, 0.29) is 17.2 Å². The van der Waals surface area contributed by atoms with Gasteiger partial charge in [0.05, 0.1) is 28.9 Å². The third-order valence-electron chi connectivity index (χ3n) is 5.69. The molecule has 0 bridgehead atoms. The molecule has 0 atom stereocenters. The van der Waals surface area contributed by atoms with Crippen LogP contribution in [0.25, 0.3) is 22.4 Å². The Morgan fingerprint density at radius 2 is 1.79 bits per heavy atom. The maximum absolute atomic E-state index is 13.4. The van der Waals surface area contributed by atoms with E-state index in [0.29, 0.717) is 28.4 Å². The number of aryl methyl sites for hydroxylation is 2. The first kappa shape index (κ1) is 22.0. The fourth-order valence-corrected chi connectivity index (χ4v) is 4.81. The number of hydrogen-bond donors (Lipinski definition) is 0. The molecule has 0 fully saturated rings. The summed E-state index contributed by atoms with van der Waals surface area (Å²) >= 11 is 1.29. The zero-order valence-electron chi connectivity index (χ0n) is 19.1. The molecular formula is C25H23N5O3S. The summed E-state index contributed by atoms with van der Waals surface area (Å²) in [5.74, 6) is 2.07. The van der Waals surface area contributed by atoms with E-state index < -0.39 is 0 Å². The Morgan fingerprint density at radius 1 is 1.03 bits per heavy atom. The van der Waals surface area contributed by atoms with Crippen molar-refractivity contribution in [3.8, 4) is 5.69 Å². The summed E-state index contributed by atoms with van der Waals surface area (Å²) in [6.07, 6.45) is 0. The molecular weight excluding hydrogens is 450 g/mol. The lowest BCUT2D eigenvalue weighted by molar-refractivity contribution is -0.127. The first-order valence-corrected chi connectivity index (χ1v) is 11.8. The number of nitrogens with zero attached hydrogens (tertiary/aromatic N) is 5. The molecule has 172 valence electrons. The van der Waals surface area contributed by atoms with Crippen LogP contribution in [0.1, 0.15) is 17.1 Å². The Labute approximate surface area is 199 Å². The molecule has 5 aromatic rings. The van der Waals surface area contributed by atoms with E-state index in [1.165, 1.54) is 11.8 Å². The number of hydrogen-bond acceptors (Lipinski definition) is 6. The van der Waals surface area contributed by atoms with Gasteiger partial charge in [0.25, 0.3) is 5.56 Å². The number of furan rings is 1. The number of carbonyl (C=O) groups excluding carboxylic acids is 1. The Bertz CT molecular complexity index is 1580. The van der Waals surface area contributed by atoms with Crippen molar-refractivity contribution in [2.24, 2.45) is 0 Å². The van der Waals surface area contributed by atoms with E-state index in [4.69, 9.17) is 4.42 Å². The van der Waals surface area contributed by atoms with Crippen LogP contribution in [0, 0.1) is 13.8 Å². The van der Waals surface area contributed by atoms with Crippen LogP contribution in [-0.4, -0.2) is 42.8 Å². The summed E-state index contributed by atoms with van der Waals surface area (Å²) in [5.41, 5.74) is 2.23. The van der Waals surface area contributed by atoms with E-state index in [2.05, 4.69) is 10.2 Å². The van der Waals surface area contributed by atoms with Gasteiger partial charge in [0, 0.05) is 7.05 Å². The third-order valence-corrected chi connectivity index (χ3v) is 6.60. The maximum Gasteiger partial charge on any atom is 0.267 e. The number of thioether (sulfide) groups is 1. The van der Waals surface area contributed by atoms with Gasteiger partial charge in [-0.3, -0.25) is 14.0 Å². The van der Waals surface area contributed by atoms with Gasteiger partial charge in [-0.2, -0.15) is 0 Å². The lowest BCUT2D eigenvalue weighted by Crippen LogP contribution is -2.27. The molecule has 34 heavy (non-hydrogen) atoms. The van der Waals surface area contributed by atoms with E-state index in [1.807, 2.05) is 72.8 Å². The summed E-state index contributed by atoms with van der Waals surface area (Å²) in [6.45, 7) is 4.22. The molecule has 8 nitrogen and oxygen atoms in total. The van der Waals surface area contributed by atoms with E-state index in [0.717, 1.165) is 22.8 Å². The van der Waals surface area contributed by atoms with Crippen molar-refractivity contribution in [3.05, 3.63) is 88.1 Å². The van der Waals surface area contributed by atoms with Gasteiger partial charge in [-0.1, -0.05) is 42.1 Å². The van der Waals surface area contributed by atoms with Gasteiger partial charge in [-0.25, -0.2) is 4.57 Å². The Morgan fingerprint density at radius 3 is 2.56 bits per heavy atom. The minimum Gasteiger partial charge on any atom is -0.464 e. The van der Waals surface area contributed by atoms with Crippen molar-refractivity contribution >= 4 is 34.3 Å². The van der Waals surface area contributed by atoms with Crippen LogP contribution in [0.5, 0.6) is 0 Å². The van der Waals surface area contributed by atoms with Crippen LogP contribution in [-0.2, 0) is 11.3 Å². The van der Waals surface area contributed by atoms with E-state index >= 15 is 0 Å². The van der Waals surface area contributed by atoms with Crippen LogP contribution < -0.4 is 5.56 Å². The van der Waals surface area contributed by atoms with Crippen molar-refractivity contribution in [2.75, 3.05) is 12.8 Å². The predicted octanol–water partition coefficient (Wildman–Crippen LogP) is 3.99. The standard InChI is InChI=1S/C25H23N5O3S/c1-16-8-4-6-10-20(16)29-23(32)19-9-5-7-11-21(19)30-24(29)26-27-25(30)34-15-22(31)28(3)14-18-13-12-17(2)33-18/h4-13H,14-15H2,1-3H3. The number of carbonyl (C=O) groups is 1. The molecule has 0 radical (unpaired) electrons. The average molecular weight is 474 g/mol. The van der Waals surface area contributed by atoms with Crippen molar-refractivity contribution in [2.45, 2.75) is 25.5 Å². The third kappa shape index (κ3) is 3.88. The zero-order valence-corrected chi connectivity index (χ0v) is 19.9. The molecule has 5 rings (SSSR count). The molecule has 0 N–H and O–H groups in total. The van der Waals surface area contributed by atoms with E-state index in [9.17, 15) is 9.59 Å². The second kappa shape index (κ2) is 8.83. The molecule has 0 saturated heterocycles. The summed E-state index contributed by atoms with van der Waals surface area (Å²) in [4.78, 5) is 27.8. The number of aromatic nitrogens is 4. The average Bonchev–Trinajstić information content (AvgIpc) is 3.44. The van der Waals surface area contributed by atoms with Crippen LogP contribution >= 0.6 is 11.8 Å². The van der Waals surface area contributed by atoms with Crippen molar-refractivity contribution < 1.29 is 9.21 Å². The SMILES string of the molecule is Cc1ccc(CN(C)C(=O)CSc2nnc3n(-c4ccccc4C)c(=O)c4ccccc4n23)o1. The van der Waals surface area contributed by atoms with Gasteiger partial charge in [0.2, 0.25) is 11.7 Å². The van der Waals surface area contributed by atoms with Gasteiger partial charge in [-0.05, 0) is 49.7 Å². The first-order valence-electron chi connectivity index (χ1n) is 10.8. The Hall–Kier alpha value is -3.85. The summed E-state index contributed by atoms with van der Waals surface area (Å²) in [6, 6.07) is 18.8. The molecule has 0 aliphatic heterocycles. The molecule has 0 spiro atoms. The number of para-hydroxylation sites is 2. The van der Waals surface area contributed by atoms with Crippen LogP contribution in [0.4, 0.5) is 0 Å². The molecule has 9 heteroatoms. The lowest BCUT2D eigenvalue weighted by Gasteiger charge is -2.15. The van der Waals surface area contributed by atoms with E-state index in [1.54, 1.807) is 22.6 Å². The Kier molecular flexibility index (Phi) is 5.70. The highest BCUT2D eigenvalue weighted by Crippen LogP contribution is 2.24. The number of benzene rings is 2. The van der Waals surface area contributed by atoms with Gasteiger partial charge in [-0.15, -0.1) is 10.2 Å². The molecule has 2 aromatic carbocycles. The molecule has 1 amide bonds. The molecule has 0 aliphatic carbocycles. The maximum atomic E-state index is 13.4. The molecule has 0 saturated carbocycles. The summed E-state index contributed by atoms with van der Waals surface area (Å²) in [5, 5.41) is 9.80. The van der Waals surface area contributed by atoms with Crippen LogP contribution in [0.2, 0.25) is 0 Å². The largest absolute Gasteiger partial charge is 0.464 e. The highest BCUT2D eigenvalue weighted by atomic mass is 32.2. The fraction of sp³-hybridized carbons (Fsp3) is 0.200. The number of rotatable bonds is 6. The first-order chi connectivity index (χ1) is 16.4. The smallest absolute Gasteiger partial charge is 0.267 e. The second-order valence-corrected chi connectivity index (χ2v) is 9.06. The second-order valence-electron chi connectivity index (χ2n) is 8.11. The highest BCUT2D eigenvalue weighted by Gasteiger charge is 2.20. The molecule has 3 aromatic heterocycles. The quantitative estimate of drug-likeness (QED) is 0.347. The van der Waals surface area contributed by atoms with Gasteiger partial charge in [0.15, 0.2) is 5.16 Å². The van der Waals surface area contributed by atoms with Crippen molar-refractivity contribution in [3.63, 3.8) is 0 Å². The van der Waals surface area contributed by atoms with Gasteiger partial charge >= 0.3 is 0 Å². The molecule has 0 aliphatic rings. The minimum atomic E-state index is -0.161. The topological polar surface area (TPSA) is 85.6 Å². The zero-order chi connectivity index (χ0) is 23.8. The lowest BCUT2D eigenvalue weighted by atomic mass is 10.2. The Balaban J connectivity index is 1.52. The number of amides is 1. The van der Waals surface area contributed by atoms with Crippen molar-refractivity contribution in [1.29, 1.82) is 0 Å². The number of fused-ring (bicyclic) bond motifs is 3. The molecule has 0 unspecified atom stereocenters. The predicted molar refractivity (Wildman–Crippen MR) is 131 cm³/mol. The monoisotopic (exact) mass is 473 g/mol. The fourth-order valence-electron chi connectivity index (χ4n) is 3.93. The summed E-state index contributed by atoms with van der Waals surface area (Å²) < 4.78 is 9.01. The van der Waals surface area contributed by atoms with Gasteiger partial charge < -0.3 is 9.32 Å². The van der Waals surface area contributed by atoms with Crippen molar-refractivity contribution in [1.82, 2.24) is 24.1 Å². The summed E-state index contributed by atoms with van der Waals surface area (Å²) in [7, 11) is 1.74. The highest BCUT2D eigenvalue weighted by molar-refractivity contribution is 7.99. The van der Waals surface area contributed by atoms with Gasteiger partial charge in [0.1, 0.15) is 11.5 Å². The van der Waals surface area contributed by atoms with Crippen LogP contribution in [0.15, 0.2) is 75.0 Å².